The van der Waals surface area contributed by atoms with E-state index < -0.39 is 7.60 Å². The maximum atomic E-state index is 11.0. The Labute approximate surface area is 77.9 Å². The van der Waals surface area contributed by atoms with Crippen LogP contribution in [0, 0.1) is 13.8 Å². The first kappa shape index (κ1) is 10.3. The van der Waals surface area contributed by atoms with Crippen molar-refractivity contribution in [3.05, 3.63) is 29.3 Å². The van der Waals surface area contributed by atoms with E-state index in [1.165, 1.54) is 6.66 Å². The van der Waals surface area contributed by atoms with Gasteiger partial charge >= 0.3 is 7.60 Å². The van der Waals surface area contributed by atoms with Gasteiger partial charge in [-0.1, -0.05) is 12.1 Å². The fourth-order valence-corrected chi connectivity index (χ4v) is 1.57. The first-order valence-corrected chi connectivity index (χ1v) is 5.99. The minimum absolute atomic E-state index is 0.480. The maximum absolute atomic E-state index is 11.0. The van der Waals surface area contributed by atoms with Gasteiger partial charge < -0.3 is 9.42 Å². The molecular formula is C9H13O3P. The molecule has 0 saturated heterocycles. The van der Waals surface area contributed by atoms with Crippen LogP contribution in [0.3, 0.4) is 0 Å². The van der Waals surface area contributed by atoms with E-state index in [0.717, 1.165) is 11.1 Å². The molecule has 0 bridgehead atoms. The minimum Gasteiger partial charge on any atom is -0.424 e. The second kappa shape index (κ2) is 3.52. The Morgan fingerprint density at radius 3 is 2.54 bits per heavy atom. The van der Waals surface area contributed by atoms with Crippen LogP contribution in [0.1, 0.15) is 11.1 Å². The number of hydrogen-bond donors (Lipinski definition) is 1. The summed E-state index contributed by atoms with van der Waals surface area (Å²) < 4.78 is 15.9. The summed E-state index contributed by atoms with van der Waals surface area (Å²) >= 11 is 0. The van der Waals surface area contributed by atoms with E-state index >= 15 is 0 Å². The van der Waals surface area contributed by atoms with Crippen molar-refractivity contribution >= 4 is 7.60 Å². The van der Waals surface area contributed by atoms with E-state index in [-0.39, 0.29) is 0 Å². The Hall–Kier alpha value is -0.790. The lowest BCUT2D eigenvalue weighted by Crippen LogP contribution is -1.93. The van der Waals surface area contributed by atoms with Gasteiger partial charge in [0.25, 0.3) is 0 Å². The predicted molar refractivity (Wildman–Crippen MR) is 52.3 cm³/mol. The molecule has 1 unspecified atom stereocenters. The summed E-state index contributed by atoms with van der Waals surface area (Å²) in [6.07, 6.45) is 0. The van der Waals surface area contributed by atoms with Crippen LogP contribution in [0.2, 0.25) is 0 Å². The smallest absolute Gasteiger partial charge is 0.373 e. The first-order chi connectivity index (χ1) is 5.90. The molecule has 1 N–H and O–H groups in total. The molecule has 0 radical (unpaired) electrons. The average Bonchev–Trinajstić information content (AvgIpc) is 1.96. The van der Waals surface area contributed by atoms with Crippen molar-refractivity contribution in [1.29, 1.82) is 0 Å². The fourth-order valence-electron chi connectivity index (χ4n) is 1.01. The molecule has 0 heterocycles. The summed E-state index contributed by atoms with van der Waals surface area (Å²) in [5, 5.41) is 0. The van der Waals surface area contributed by atoms with E-state index in [4.69, 9.17) is 9.42 Å². The van der Waals surface area contributed by atoms with Crippen LogP contribution < -0.4 is 4.52 Å². The van der Waals surface area contributed by atoms with Crippen LogP contribution in [-0.2, 0) is 4.57 Å². The number of hydrogen-bond acceptors (Lipinski definition) is 2. The van der Waals surface area contributed by atoms with Gasteiger partial charge in [0.05, 0.1) is 0 Å². The molecule has 0 aromatic heterocycles. The molecule has 0 fully saturated rings. The van der Waals surface area contributed by atoms with Crippen molar-refractivity contribution in [1.82, 2.24) is 0 Å². The van der Waals surface area contributed by atoms with Gasteiger partial charge in [0, 0.05) is 6.66 Å². The average molecular weight is 200 g/mol. The third-order valence-corrected chi connectivity index (χ3v) is 2.36. The van der Waals surface area contributed by atoms with Crippen molar-refractivity contribution in [2.75, 3.05) is 6.66 Å². The Morgan fingerprint density at radius 1 is 1.38 bits per heavy atom. The van der Waals surface area contributed by atoms with E-state index in [1.807, 2.05) is 19.9 Å². The zero-order chi connectivity index (χ0) is 10.1. The van der Waals surface area contributed by atoms with E-state index in [1.54, 1.807) is 12.1 Å². The van der Waals surface area contributed by atoms with Gasteiger partial charge in [-0.2, -0.15) is 0 Å². The molecule has 1 atom stereocenters. The second-order valence-corrected chi connectivity index (χ2v) is 4.88. The monoisotopic (exact) mass is 200 g/mol. The van der Waals surface area contributed by atoms with Gasteiger partial charge in [-0.3, -0.25) is 0 Å². The molecule has 1 aromatic carbocycles. The summed E-state index contributed by atoms with van der Waals surface area (Å²) in [6.45, 7) is 4.97. The summed E-state index contributed by atoms with van der Waals surface area (Å²) in [6, 6.07) is 5.42. The van der Waals surface area contributed by atoms with Crippen LogP contribution >= 0.6 is 7.60 Å². The van der Waals surface area contributed by atoms with Crippen LogP contribution in [0.5, 0.6) is 5.75 Å². The second-order valence-electron chi connectivity index (χ2n) is 3.09. The lowest BCUT2D eigenvalue weighted by molar-refractivity contribution is 0.386. The maximum Gasteiger partial charge on any atom is 0.373 e. The third-order valence-electron chi connectivity index (χ3n) is 1.82. The lowest BCUT2D eigenvalue weighted by atomic mass is 10.1. The topological polar surface area (TPSA) is 46.5 Å². The zero-order valence-corrected chi connectivity index (χ0v) is 8.84. The summed E-state index contributed by atoms with van der Waals surface area (Å²) in [7, 11) is -3.43. The van der Waals surface area contributed by atoms with Crippen LogP contribution in [-0.4, -0.2) is 11.6 Å². The lowest BCUT2D eigenvalue weighted by Gasteiger charge is -2.12. The van der Waals surface area contributed by atoms with Crippen LogP contribution in [0.25, 0.3) is 0 Å². The Kier molecular flexibility index (Phi) is 2.79. The quantitative estimate of drug-likeness (QED) is 0.746. The van der Waals surface area contributed by atoms with Crippen LogP contribution in [0.4, 0.5) is 0 Å². The fraction of sp³-hybridized carbons (Fsp3) is 0.333. The highest BCUT2D eigenvalue weighted by Gasteiger charge is 2.13. The van der Waals surface area contributed by atoms with Crippen LogP contribution in [0.15, 0.2) is 18.2 Å². The summed E-state index contributed by atoms with van der Waals surface area (Å²) in [4.78, 5) is 9.02. The minimum atomic E-state index is -3.43. The van der Waals surface area contributed by atoms with E-state index in [2.05, 4.69) is 0 Å². The zero-order valence-electron chi connectivity index (χ0n) is 7.94. The number of rotatable bonds is 2. The molecule has 4 heteroatoms. The van der Waals surface area contributed by atoms with Gasteiger partial charge in [-0.25, -0.2) is 4.57 Å². The van der Waals surface area contributed by atoms with E-state index in [9.17, 15) is 4.57 Å². The Morgan fingerprint density at radius 2 is 2.00 bits per heavy atom. The number of benzene rings is 1. The highest BCUT2D eigenvalue weighted by atomic mass is 31.2. The predicted octanol–water partition coefficient (Wildman–Crippen LogP) is 2.50. The number of aryl methyl sites for hydroxylation is 1. The van der Waals surface area contributed by atoms with Gasteiger partial charge in [0.1, 0.15) is 5.75 Å². The molecule has 0 amide bonds. The van der Waals surface area contributed by atoms with Crippen molar-refractivity contribution in [3.63, 3.8) is 0 Å². The molecule has 0 saturated carbocycles. The van der Waals surface area contributed by atoms with Gasteiger partial charge in [-0.05, 0) is 31.0 Å². The molecule has 0 aliphatic carbocycles. The van der Waals surface area contributed by atoms with Crippen molar-refractivity contribution < 1.29 is 14.0 Å². The van der Waals surface area contributed by atoms with Crippen molar-refractivity contribution in [2.24, 2.45) is 0 Å². The SMILES string of the molecule is Cc1cccc(OP(C)(=O)O)c1C. The molecule has 13 heavy (non-hydrogen) atoms. The van der Waals surface area contributed by atoms with Crippen molar-refractivity contribution in [2.45, 2.75) is 13.8 Å². The van der Waals surface area contributed by atoms with Gasteiger partial charge in [-0.15, -0.1) is 0 Å². The molecule has 1 rings (SSSR count). The molecule has 0 aliphatic heterocycles. The van der Waals surface area contributed by atoms with E-state index in [0.29, 0.717) is 5.75 Å². The first-order valence-electron chi connectivity index (χ1n) is 3.96. The molecule has 0 spiro atoms. The molecule has 0 aliphatic rings. The third kappa shape index (κ3) is 2.87. The molecule has 3 nitrogen and oxygen atoms in total. The largest absolute Gasteiger partial charge is 0.424 e. The highest BCUT2D eigenvalue weighted by Crippen LogP contribution is 2.39. The summed E-state index contributed by atoms with van der Waals surface area (Å²) in [5.74, 6) is 0.480. The van der Waals surface area contributed by atoms with Gasteiger partial charge in [0.15, 0.2) is 0 Å². The van der Waals surface area contributed by atoms with Gasteiger partial charge in [0.2, 0.25) is 0 Å². The normalized spacial score (nSPS) is 15.1. The highest BCUT2D eigenvalue weighted by molar-refractivity contribution is 7.52. The Balaban J connectivity index is 3.03. The molecule has 1 aromatic rings. The summed E-state index contributed by atoms with van der Waals surface area (Å²) in [5.41, 5.74) is 1.95. The molecule has 72 valence electrons. The van der Waals surface area contributed by atoms with Crippen molar-refractivity contribution in [3.8, 4) is 5.75 Å². The Bertz CT molecular complexity index is 354. The molecular weight excluding hydrogens is 187 g/mol. The standard InChI is InChI=1S/C9H13O3P/c1-7-5-4-6-9(8(7)2)12-13(3,10)11/h4-6H,1-3H3,(H,10,11).